The Morgan fingerprint density at radius 2 is 2.38 bits per heavy atom. The summed E-state index contributed by atoms with van der Waals surface area (Å²) in [5.74, 6) is 0. The van der Waals surface area contributed by atoms with E-state index in [1.165, 1.54) is 0 Å². The summed E-state index contributed by atoms with van der Waals surface area (Å²) in [6, 6.07) is 0. The second-order valence-corrected chi connectivity index (χ2v) is 3.32. The maximum Gasteiger partial charge on any atom is 0.112 e. The van der Waals surface area contributed by atoms with Crippen molar-refractivity contribution in [2.45, 2.75) is 30.8 Å². The summed E-state index contributed by atoms with van der Waals surface area (Å²) < 4.78 is 16.0. The molecule has 2 saturated heterocycles. The molecule has 0 aromatic rings. The van der Waals surface area contributed by atoms with Gasteiger partial charge in [0.15, 0.2) is 0 Å². The van der Waals surface area contributed by atoms with Gasteiger partial charge in [-0.3, -0.25) is 0 Å². The fourth-order valence-corrected chi connectivity index (χ4v) is 1.87. The third-order valence-corrected chi connectivity index (χ3v) is 2.66. The Morgan fingerprint density at radius 3 is 2.69 bits per heavy atom. The van der Waals surface area contributed by atoms with Crippen molar-refractivity contribution in [2.24, 2.45) is 0 Å². The minimum atomic E-state index is -0.667. The van der Waals surface area contributed by atoms with Crippen LogP contribution < -0.4 is 0 Å². The molecule has 4 nitrogen and oxygen atoms in total. The van der Waals surface area contributed by atoms with Gasteiger partial charge in [-0.2, -0.15) is 6.61 Å². The van der Waals surface area contributed by atoms with Crippen molar-refractivity contribution < 1.29 is 50.4 Å². The molecule has 2 rings (SSSR count). The minimum Gasteiger partial charge on any atom is -0.539 e. The molecule has 0 aromatic carbocycles. The Balaban J connectivity index is 0.000000845. The summed E-state index contributed by atoms with van der Waals surface area (Å²) in [6.07, 6.45) is -0.867. The normalized spacial score (nSPS) is 44.5. The number of rotatable bonds is 2. The monoisotopic (exact) mass is 411 g/mol. The molecule has 2 bridgehead atoms. The molecular formula is C8H13O4U-. The Kier molecular flexibility index (Phi) is 3.84. The molecule has 74 valence electrons. The summed E-state index contributed by atoms with van der Waals surface area (Å²) in [5.41, 5.74) is -0.667. The third-order valence-electron chi connectivity index (χ3n) is 2.66. The maximum absolute atomic E-state index is 9.53. The van der Waals surface area contributed by atoms with Gasteiger partial charge in [0.25, 0.3) is 0 Å². The molecule has 5 heteroatoms. The van der Waals surface area contributed by atoms with Crippen molar-refractivity contribution in [2.75, 3.05) is 13.7 Å². The molecule has 2 heterocycles. The molecule has 2 aliphatic rings. The third kappa shape index (κ3) is 1.60. The SMILES string of the molecule is CO[C@H]1[C@@H]2[CH-]O[C@@]1([C@H](C)O)CO2.[U]. The van der Waals surface area contributed by atoms with Crippen LogP contribution >= 0.6 is 0 Å². The van der Waals surface area contributed by atoms with E-state index in [0.717, 1.165) is 0 Å². The number of ether oxygens (including phenoxy) is 3. The zero-order valence-electron chi connectivity index (χ0n) is 7.69. The zero-order valence-corrected chi connectivity index (χ0v) is 11.9. The van der Waals surface area contributed by atoms with E-state index in [0.29, 0.717) is 6.61 Å². The van der Waals surface area contributed by atoms with Gasteiger partial charge < -0.3 is 19.3 Å². The van der Waals surface area contributed by atoms with E-state index < -0.39 is 11.7 Å². The van der Waals surface area contributed by atoms with Crippen molar-refractivity contribution in [3.63, 3.8) is 0 Å². The van der Waals surface area contributed by atoms with E-state index in [9.17, 15) is 5.11 Å². The largest absolute Gasteiger partial charge is 0.539 e. The second kappa shape index (κ2) is 4.18. The average molecular weight is 411 g/mol. The van der Waals surface area contributed by atoms with Gasteiger partial charge in [0.1, 0.15) is 5.60 Å². The van der Waals surface area contributed by atoms with Gasteiger partial charge in [-0.1, -0.05) is 0 Å². The molecule has 0 amide bonds. The van der Waals surface area contributed by atoms with Crippen molar-refractivity contribution in [3.05, 3.63) is 6.61 Å². The topological polar surface area (TPSA) is 47.9 Å². The Bertz CT molecular complexity index is 177. The van der Waals surface area contributed by atoms with Crippen molar-refractivity contribution in [1.82, 2.24) is 0 Å². The first-order valence-corrected chi connectivity index (χ1v) is 4.04. The van der Waals surface area contributed by atoms with E-state index in [2.05, 4.69) is 0 Å². The van der Waals surface area contributed by atoms with Crippen LogP contribution in [0, 0.1) is 37.7 Å². The van der Waals surface area contributed by atoms with Crippen LogP contribution in [0.25, 0.3) is 0 Å². The smallest absolute Gasteiger partial charge is 0.112 e. The van der Waals surface area contributed by atoms with Gasteiger partial charge in [-0.05, 0) is 13.0 Å². The maximum atomic E-state index is 9.53. The van der Waals surface area contributed by atoms with E-state index >= 15 is 0 Å². The Morgan fingerprint density at radius 1 is 1.69 bits per heavy atom. The van der Waals surface area contributed by atoms with Gasteiger partial charge >= 0.3 is 0 Å². The van der Waals surface area contributed by atoms with Gasteiger partial charge in [-0.15, -0.1) is 0 Å². The summed E-state index contributed by atoms with van der Waals surface area (Å²) >= 11 is 0. The molecule has 2 aliphatic heterocycles. The molecule has 0 spiro atoms. The number of methoxy groups -OCH3 is 1. The van der Waals surface area contributed by atoms with Crippen molar-refractivity contribution in [3.8, 4) is 0 Å². The van der Waals surface area contributed by atoms with Crippen molar-refractivity contribution in [1.29, 1.82) is 0 Å². The van der Waals surface area contributed by atoms with Crippen LogP contribution in [-0.2, 0) is 14.2 Å². The number of hydrogen-bond donors (Lipinski definition) is 1. The fourth-order valence-electron chi connectivity index (χ4n) is 1.87. The van der Waals surface area contributed by atoms with E-state index in [-0.39, 0.29) is 43.3 Å². The summed E-state index contributed by atoms with van der Waals surface area (Å²) in [6.45, 7) is 3.70. The number of aliphatic hydroxyl groups excluding tert-OH is 1. The van der Waals surface area contributed by atoms with Crippen LogP contribution in [-0.4, -0.2) is 42.7 Å². The molecule has 0 radical (unpaired) electrons. The Hall–Kier alpha value is 0.892. The van der Waals surface area contributed by atoms with Crippen LogP contribution in [0.15, 0.2) is 0 Å². The Labute approximate surface area is 101 Å². The van der Waals surface area contributed by atoms with Crippen LogP contribution in [0.3, 0.4) is 0 Å². The van der Waals surface area contributed by atoms with Crippen molar-refractivity contribution >= 4 is 0 Å². The molecule has 0 aromatic heterocycles. The van der Waals surface area contributed by atoms with Crippen LogP contribution in [0.4, 0.5) is 0 Å². The van der Waals surface area contributed by atoms with Crippen LogP contribution in [0.2, 0.25) is 0 Å². The minimum absolute atomic E-state index is 0. The molecule has 0 saturated carbocycles. The molecular weight excluding hydrogens is 398 g/mol. The molecule has 1 N–H and O–H groups in total. The first-order valence-electron chi connectivity index (χ1n) is 4.04. The summed E-state index contributed by atoms with van der Waals surface area (Å²) in [4.78, 5) is 0. The molecule has 4 atom stereocenters. The van der Waals surface area contributed by atoms with Gasteiger partial charge in [0, 0.05) is 38.2 Å². The number of fused-ring (bicyclic) bond motifs is 2. The van der Waals surface area contributed by atoms with E-state index in [4.69, 9.17) is 14.2 Å². The van der Waals surface area contributed by atoms with Gasteiger partial charge in [-0.25, -0.2) is 0 Å². The fraction of sp³-hybridized carbons (Fsp3) is 0.875. The standard InChI is InChI=1S/C8H13O4.U/c1-5(9)8-4-11-6(3-12-8)7(8)10-2;/h3,5-7,9H,4H2,1-2H3;/q-1;/t5-,6-,7-,8+;/m0./s1. The second-order valence-electron chi connectivity index (χ2n) is 3.32. The first kappa shape index (κ1) is 12.0. The summed E-state index contributed by atoms with van der Waals surface area (Å²) in [5, 5.41) is 9.53. The van der Waals surface area contributed by atoms with Gasteiger partial charge in [0.05, 0.1) is 18.8 Å². The van der Waals surface area contributed by atoms with E-state index in [1.54, 1.807) is 20.6 Å². The molecule has 13 heavy (non-hydrogen) atoms. The molecule has 0 aliphatic carbocycles. The molecule has 2 fully saturated rings. The predicted molar refractivity (Wildman–Crippen MR) is 40.3 cm³/mol. The van der Waals surface area contributed by atoms with Crippen LogP contribution in [0.5, 0.6) is 0 Å². The first-order chi connectivity index (χ1) is 5.70. The van der Waals surface area contributed by atoms with E-state index in [1.807, 2.05) is 0 Å². The molecule has 0 unspecified atom stereocenters. The average Bonchev–Trinajstić information content (AvgIpc) is 2.58. The van der Waals surface area contributed by atoms with Crippen LogP contribution in [0.1, 0.15) is 6.92 Å². The number of aliphatic hydroxyl groups is 1. The quantitative estimate of drug-likeness (QED) is 0.635. The zero-order chi connectivity index (χ0) is 8.77. The predicted octanol–water partition coefficient (Wildman–Crippen LogP) is -0.288. The summed E-state index contributed by atoms with van der Waals surface area (Å²) in [7, 11) is 1.60. The van der Waals surface area contributed by atoms with Gasteiger partial charge in [0.2, 0.25) is 0 Å². The number of hydrogen-bond acceptors (Lipinski definition) is 4.